The molecule has 4 heteroatoms. The Labute approximate surface area is 77.3 Å². The minimum absolute atomic E-state index is 0.414. The van der Waals surface area contributed by atoms with E-state index in [1.54, 1.807) is 0 Å². The summed E-state index contributed by atoms with van der Waals surface area (Å²) in [4.78, 5) is 7.16. The van der Waals surface area contributed by atoms with Gasteiger partial charge in [0, 0.05) is 0 Å². The van der Waals surface area contributed by atoms with Crippen LogP contribution in [0.2, 0.25) is 5.15 Å². The Morgan fingerprint density at radius 3 is 2.67 bits per heavy atom. The maximum Gasteiger partial charge on any atom is 0.150 e. The summed E-state index contributed by atoms with van der Waals surface area (Å²) in [5.74, 6) is 1.34. The van der Waals surface area contributed by atoms with Gasteiger partial charge >= 0.3 is 0 Å². The first-order valence-electron chi connectivity index (χ1n) is 4.06. The number of nitrogens with two attached hydrogens (primary N) is 1. The maximum atomic E-state index is 5.87. The molecule has 1 aromatic rings. The lowest BCUT2D eigenvalue weighted by Crippen LogP contribution is -1.99. The molecule has 68 valence electrons. The van der Waals surface area contributed by atoms with Crippen LogP contribution in [0.15, 0.2) is 0 Å². The largest absolute Gasteiger partial charge is 0.343 e. The van der Waals surface area contributed by atoms with Crippen LogP contribution < -0.4 is 5.73 Å². The van der Waals surface area contributed by atoms with Crippen molar-refractivity contribution in [2.45, 2.75) is 26.8 Å². The third-order valence-electron chi connectivity index (χ3n) is 1.58. The van der Waals surface area contributed by atoms with Crippen LogP contribution in [0.5, 0.6) is 0 Å². The normalized spacial score (nSPS) is 11.1. The molecule has 0 aliphatic rings. The number of halogens is 1. The number of rotatable bonds is 3. The Bertz CT molecular complexity index is 255. The zero-order chi connectivity index (χ0) is 9.14. The number of H-pyrrole nitrogens is 1. The van der Waals surface area contributed by atoms with Gasteiger partial charge in [-0.2, -0.15) is 0 Å². The van der Waals surface area contributed by atoms with Gasteiger partial charge in [0.15, 0.2) is 0 Å². The zero-order valence-electron chi connectivity index (χ0n) is 7.39. The predicted molar refractivity (Wildman–Crippen MR) is 50.0 cm³/mol. The molecule has 0 aliphatic heterocycles. The van der Waals surface area contributed by atoms with Crippen molar-refractivity contribution in [3.63, 3.8) is 0 Å². The average Bonchev–Trinajstić information content (AvgIpc) is 2.31. The van der Waals surface area contributed by atoms with Crippen LogP contribution in [-0.4, -0.2) is 9.97 Å². The number of nitrogens with one attached hydrogen (secondary N) is 1. The fourth-order valence-electron chi connectivity index (χ4n) is 1.08. The molecule has 0 spiro atoms. The molecule has 0 fully saturated rings. The standard InChI is InChI=1S/C8H14ClN3/c1-5(2)3-6-8(9)12-7(4-10)11-6/h5H,3-4,10H2,1-2H3,(H,11,12). The van der Waals surface area contributed by atoms with E-state index in [2.05, 4.69) is 23.8 Å². The summed E-state index contributed by atoms with van der Waals surface area (Å²) >= 11 is 5.87. The third kappa shape index (κ3) is 2.22. The third-order valence-corrected chi connectivity index (χ3v) is 1.90. The molecule has 0 aromatic carbocycles. The number of hydrogen-bond acceptors (Lipinski definition) is 2. The summed E-state index contributed by atoms with van der Waals surface area (Å²) < 4.78 is 0. The lowest BCUT2D eigenvalue weighted by molar-refractivity contribution is 0.636. The SMILES string of the molecule is CC(C)Cc1[nH]c(CN)nc1Cl. The van der Waals surface area contributed by atoms with E-state index in [1.807, 2.05) is 0 Å². The molecule has 1 rings (SSSR count). The Hall–Kier alpha value is -0.540. The van der Waals surface area contributed by atoms with Gasteiger partial charge in [-0.25, -0.2) is 4.98 Å². The molecule has 0 atom stereocenters. The molecule has 1 aromatic heterocycles. The minimum Gasteiger partial charge on any atom is -0.343 e. The summed E-state index contributed by atoms with van der Waals surface area (Å²) in [6, 6.07) is 0. The Balaban J connectivity index is 2.77. The molecule has 0 amide bonds. The molecule has 0 saturated heterocycles. The van der Waals surface area contributed by atoms with Gasteiger partial charge in [-0.3, -0.25) is 0 Å². The van der Waals surface area contributed by atoms with E-state index in [0.717, 1.165) is 17.9 Å². The van der Waals surface area contributed by atoms with Crippen molar-refractivity contribution in [2.24, 2.45) is 11.7 Å². The fourth-order valence-corrected chi connectivity index (χ4v) is 1.31. The molecular formula is C8H14ClN3. The molecule has 0 unspecified atom stereocenters. The molecule has 3 N–H and O–H groups in total. The van der Waals surface area contributed by atoms with Crippen molar-refractivity contribution in [1.82, 2.24) is 9.97 Å². The van der Waals surface area contributed by atoms with Crippen LogP contribution in [0.3, 0.4) is 0 Å². The second-order valence-corrected chi connectivity index (χ2v) is 3.61. The first kappa shape index (κ1) is 9.55. The van der Waals surface area contributed by atoms with Crippen molar-refractivity contribution in [2.75, 3.05) is 0 Å². The van der Waals surface area contributed by atoms with Crippen molar-refractivity contribution in [1.29, 1.82) is 0 Å². The molecule has 3 nitrogen and oxygen atoms in total. The van der Waals surface area contributed by atoms with E-state index < -0.39 is 0 Å². The fraction of sp³-hybridized carbons (Fsp3) is 0.625. The summed E-state index contributed by atoms with van der Waals surface area (Å²) in [5, 5.41) is 0.559. The molecule has 0 bridgehead atoms. The highest BCUT2D eigenvalue weighted by atomic mass is 35.5. The molecular weight excluding hydrogens is 174 g/mol. The van der Waals surface area contributed by atoms with Crippen LogP contribution >= 0.6 is 11.6 Å². The predicted octanol–water partition coefficient (Wildman–Crippen LogP) is 1.72. The number of aromatic nitrogens is 2. The Kier molecular flexibility index (Phi) is 3.12. The molecule has 0 radical (unpaired) electrons. The van der Waals surface area contributed by atoms with Crippen LogP contribution in [-0.2, 0) is 13.0 Å². The molecule has 0 aliphatic carbocycles. The van der Waals surface area contributed by atoms with E-state index in [0.29, 0.717) is 17.6 Å². The van der Waals surface area contributed by atoms with E-state index in [-0.39, 0.29) is 0 Å². The first-order chi connectivity index (χ1) is 5.63. The maximum absolute atomic E-state index is 5.87. The van der Waals surface area contributed by atoms with Gasteiger partial charge in [0.25, 0.3) is 0 Å². The van der Waals surface area contributed by atoms with Gasteiger partial charge in [0.05, 0.1) is 12.2 Å². The molecule has 1 heterocycles. The van der Waals surface area contributed by atoms with Gasteiger partial charge in [-0.05, 0) is 12.3 Å². The van der Waals surface area contributed by atoms with Crippen LogP contribution in [0, 0.1) is 5.92 Å². The number of hydrogen-bond donors (Lipinski definition) is 2. The van der Waals surface area contributed by atoms with Crippen molar-refractivity contribution >= 4 is 11.6 Å². The number of aromatic amines is 1. The quantitative estimate of drug-likeness (QED) is 0.757. The van der Waals surface area contributed by atoms with Crippen LogP contribution in [0.25, 0.3) is 0 Å². The zero-order valence-corrected chi connectivity index (χ0v) is 8.15. The topological polar surface area (TPSA) is 54.7 Å². The summed E-state index contributed by atoms with van der Waals surface area (Å²) in [6.07, 6.45) is 0.922. The second kappa shape index (κ2) is 3.92. The smallest absolute Gasteiger partial charge is 0.150 e. The monoisotopic (exact) mass is 187 g/mol. The van der Waals surface area contributed by atoms with Gasteiger partial charge in [-0.1, -0.05) is 25.4 Å². The summed E-state index contributed by atoms with van der Waals surface area (Å²) in [6.45, 7) is 4.69. The Morgan fingerprint density at radius 1 is 1.58 bits per heavy atom. The van der Waals surface area contributed by atoms with Gasteiger partial charge in [0.1, 0.15) is 11.0 Å². The van der Waals surface area contributed by atoms with Crippen LogP contribution in [0.1, 0.15) is 25.4 Å². The lowest BCUT2D eigenvalue weighted by Gasteiger charge is -2.00. The van der Waals surface area contributed by atoms with E-state index >= 15 is 0 Å². The van der Waals surface area contributed by atoms with E-state index in [4.69, 9.17) is 17.3 Å². The van der Waals surface area contributed by atoms with Crippen molar-refractivity contribution in [3.05, 3.63) is 16.7 Å². The first-order valence-corrected chi connectivity index (χ1v) is 4.44. The Morgan fingerprint density at radius 2 is 2.25 bits per heavy atom. The lowest BCUT2D eigenvalue weighted by atomic mass is 10.1. The van der Waals surface area contributed by atoms with Gasteiger partial charge < -0.3 is 10.7 Å². The van der Waals surface area contributed by atoms with E-state index in [9.17, 15) is 0 Å². The molecule has 0 saturated carbocycles. The highest BCUT2D eigenvalue weighted by Crippen LogP contribution is 2.16. The summed E-state index contributed by atoms with van der Waals surface area (Å²) in [7, 11) is 0. The minimum atomic E-state index is 0.414. The highest BCUT2D eigenvalue weighted by molar-refractivity contribution is 6.30. The number of nitrogens with zero attached hydrogens (tertiary/aromatic N) is 1. The second-order valence-electron chi connectivity index (χ2n) is 3.25. The average molecular weight is 188 g/mol. The van der Waals surface area contributed by atoms with Crippen LogP contribution in [0.4, 0.5) is 0 Å². The van der Waals surface area contributed by atoms with Gasteiger partial charge in [-0.15, -0.1) is 0 Å². The number of imidazole rings is 1. The van der Waals surface area contributed by atoms with E-state index in [1.165, 1.54) is 0 Å². The molecule has 12 heavy (non-hydrogen) atoms. The highest BCUT2D eigenvalue weighted by Gasteiger charge is 2.07. The summed E-state index contributed by atoms with van der Waals surface area (Å²) in [5.41, 5.74) is 6.40. The van der Waals surface area contributed by atoms with Crippen molar-refractivity contribution < 1.29 is 0 Å². The van der Waals surface area contributed by atoms with Gasteiger partial charge in [0.2, 0.25) is 0 Å². The van der Waals surface area contributed by atoms with Crippen molar-refractivity contribution in [3.8, 4) is 0 Å².